The minimum atomic E-state index is -2.55. The summed E-state index contributed by atoms with van der Waals surface area (Å²) < 4.78 is 11.7. The molecule has 9 heteroatoms. The molecule has 0 aliphatic carbocycles. The molecular formula is C21H25NO8. The summed E-state index contributed by atoms with van der Waals surface area (Å²) in [6, 6.07) is 9.82. The number of aryl methyl sites for hydroxylation is 1. The molecule has 9 nitrogen and oxygen atoms in total. The minimum absolute atomic E-state index is 0.156. The predicted molar refractivity (Wildman–Crippen MR) is 107 cm³/mol. The Morgan fingerprint density at radius 1 is 1.13 bits per heavy atom. The van der Waals surface area contributed by atoms with E-state index in [0.717, 1.165) is 0 Å². The van der Waals surface area contributed by atoms with Crippen LogP contribution in [0, 0.1) is 0 Å². The summed E-state index contributed by atoms with van der Waals surface area (Å²) >= 11 is 0. The summed E-state index contributed by atoms with van der Waals surface area (Å²) in [5.41, 5.74) is -1.20. The fraction of sp³-hybridized carbons (Fsp3) is 0.381. The molecule has 0 aliphatic heterocycles. The number of methoxy groups -OCH3 is 1. The van der Waals surface area contributed by atoms with Crippen LogP contribution in [-0.4, -0.2) is 63.9 Å². The van der Waals surface area contributed by atoms with Crippen molar-refractivity contribution < 1.29 is 34.4 Å². The lowest BCUT2D eigenvalue weighted by Gasteiger charge is -2.27. The Morgan fingerprint density at radius 3 is 2.27 bits per heavy atom. The zero-order valence-electron chi connectivity index (χ0n) is 16.8. The van der Waals surface area contributed by atoms with E-state index < -0.39 is 43.3 Å². The van der Waals surface area contributed by atoms with Crippen molar-refractivity contribution in [2.45, 2.75) is 31.6 Å². The number of hydrogen-bond donors (Lipinski definition) is 3. The highest BCUT2D eigenvalue weighted by molar-refractivity contribution is 6.02. The Bertz CT molecular complexity index is 917. The van der Waals surface area contributed by atoms with Crippen LogP contribution in [0.2, 0.25) is 0 Å². The molecule has 1 heterocycles. The molecular weight excluding hydrogens is 394 g/mol. The van der Waals surface area contributed by atoms with Crippen molar-refractivity contribution >= 4 is 11.9 Å². The first-order chi connectivity index (χ1) is 14.3. The average molecular weight is 419 g/mol. The molecule has 1 atom stereocenters. The molecule has 30 heavy (non-hydrogen) atoms. The van der Waals surface area contributed by atoms with Gasteiger partial charge in [-0.25, -0.2) is 9.59 Å². The van der Waals surface area contributed by atoms with Crippen LogP contribution >= 0.6 is 0 Å². The average Bonchev–Trinajstić information content (AvgIpc) is 2.74. The Morgan fingerprint density at radius 2 is 1.77 bits per heavy atom. The molecule has 0 spiro atoms. The maximum absolute atomic E-state index is 12.5. The summed E-state index contributed by atoms with van der Waals surface area (Å²) in [6.07, 6.45) is 0.378. The van der Waals surface area contributed by atoms with Crippen LogP contribution in [-0.2, 0) is 32.0 Å². The number of hydrogen-bond acceptors (Lipinski definition) is 6. The molecule has 0 bridgehead atoms. The molecule has 162 valence electrons. The Labute approximate surface area is 173 Å². The van der Waals surface area contributed by atoms with Gasteiger partial charge in [-0.3, -0.25) is 4.79 Å². The van der Waals surface area contributed by atoms with E-state index >= 15 is 0 Å². The Hall–Kier alpha value is -3.01. The van der Waals surface area contributed by atoms with Gasteiger partial charge in [-0.05, 0) is 30.2 Å². The van der Waals surface area contributed by atoms with Crippen LogP contribution in [0.4, 0.5) is 0 Å². The molecule has 0 saturated heterocycles. The third-order valence-electron chi connectivity index (χ3n) is 4.82. The Balaban J connectivity index is 2.32. The van der Waals surface area contributed by atoms with E-state index in [2.05, 4.69) is 0 Å². The van der Waals surface area contributed by atoms with Crippen molar-refractivity contribution in [2.75, 3.05) is 20.3 Å². The quantitative estimate of drug-likeness (QED) is 0.459. The van der Waals surface area contributed by atoms with Gasteiger partial charge in [-0.1, -0.05) is 24.3 Å². The molecule has 1 aromatic heterocycles. The largest absolute Gasteiger partial charge is 0.479 e. The number of ether oxygens (including phenoxy) is 2. The van der Waals surface area contributed by atoms with Crippen molar-refractivity contribution in [3.8, 4) is 11.1 Å². The number of aliphatic carboxylic acids is 2. The fourth-order valence-corrected chi connectivity index (χ4v) is 2.94. The number of rotatable bonds is 11. The molecule has 0 saturated carbocycles. The van der Waals surface area contributed by atoms with E-state index in [0.29, 0.717) is 23.2 Å². The SMILES string of the molecule is CCn1cccc(-c2ccc(CC(OC[C@H](CO)OC)(C(=O)O)C(=O)O)cc2)c1=O. The van der Waals surface area contributed by atoms with Gasteiger partial charge in [0.25, 0.3) is 11.2 Å². The zero-order valence-corrected chi connectivity index (χ0v) is 16.8. The topological polar surface area (TPSA) is 135 Å². The van der Waals surface area contributed by atoms with Crippen LogP contribution in [0.5, 0.6) is 0 Å². The van der Waals surface area contributed by atoms with Crippen molar-refractivity contribution in [1.29, 1.82) is 0 Å². The van der Waals surface area contributed by atoms with E-state index in [1.165, 1.54) is 7.11 Å². The van der Waals surface area contributed by atoms with Crippen LogP contribution in [0.1, 0.15) is 12.5 Å². The van der Waals surface area contributed by atoms with Crippen molar-refractivity contribution in [1.82, 2.24) is 4.57 Å². The van der Waals surface area contributed by atoms with E-state index in [4.69, 9.17) is 14.6 Å². The number of pyridine rings is 1. The third kappa shape index (κ3) is 4.93. The zero-order chi connectivity index (χ0) is 22.3. The van der Waals surface area contributed by atoms with E-state index in [1.54, 1.807) is 47.2 Å². The second-order valence-electron chi connectivity index (χ2n) is 6.68. The first-order valence-corrected chi connectivity index (χ1v) is 9.32. The summed E-state index contributed by atoms with van der Waals surface area (Å²) in [4.78, 5) is 36.1. The molecule has 2 rings (SSSR count). The minimum Gasteiger partial charge on any atom is -0.479 e. The van der Waals surface area contributed by atoms with Gasteiger partial charge in [0.05, 0.1) is 13.2 Å². The molecule has 2 aromatic rings. The van der Waals surface area contributed by atoms with Gasteiger partial charge < -0.3 is 29.4 Å². The van der Waals surface area contributed by atoms with Crippen LogP contribution in [0.3, 0.4) is 0 Å². The van der Waals surface area contributed by atoms with Gasteiger partial charge in [0.2, 0.25) is 0 Å². The van der Waals surface area contributed by atoms with Crippen LogP contribution in [0.25, 0.3) is 11.1 Å². The van der Waals surface area contributed by atoms with Gasteiger partial charge in [-0.15, -0.1) is 0 Å². The predicted octanol–water partition coefficient (Wildman–Crippen LogP) is 1.01. The highest BCUT2D eigenvalue weighted by atomic mass is 16.6. The first-order valence-electron chi connectivity index (χ1n) is 9.32. The van der Waals surface area contributed by atoms with Gasteiger partial charge >= 0.3 is 11.9 Å². The van der Waals surface area contributed by atoms with Gasteiger partial charge in [-0.2, -0.15) is 0 Å². The second kappa shape index (κ2) is 10.1. The van der Waals surface area contributed by atoms with Gasteiger partial charge in [0.1, 0.15) is 6.10 Å². The number of aromatic nitrogens is 1. The first kappa shape index (κ1) is 23.3. The molecule has 0 amide bonds. The summed E-state index contributed by atoms with van der Waals surface area (Å²) in [5.74, 6) is -3.33. The van der Waals surface area contributed by atoms with Crippen molar-refractivity contribution in [3.05, 3.63) is 58.5 Å². The molecule has 0 unspecified atom stereocenters. The van der Waals surface area contributed by atoms with E-state index in [9.17, 15) is 24.6 Å². The summed E-state index contributed by atoms with van der Waals surface area (Å²) in [7, 11) is 1.29. The van der Waals surface area contributed by atoms with Crippen LogP contribution < -0.4 is 5.56 Å². The highest BCUT2D eigenvalue weighted by Crippen LogP contribution is 2.23. The third-order valence-corrected chi connectivity index (χ3v) is 4.82. The number of carboxylic acids is 2. The van der Waals surface area contributed by atoms with E-state index in [1.807, 2.05) is 6.92 Å². The smallest absolute Gasteiger partial charge is 0.348 e. The number of aliphatic hydroxyl groups excluding tert-OH is 1. The maximum atomic E-state index is 12.5. The second-order valence-corrected chi connectivity index (χ2v) is 6.68. The molecule has 0 radical (unpaired) electrons. The lowest BCUT2D eigenvalue weighted by molar-refractivity contribution is -0.188. The van der Waals surface area contributed by atoms with Gasteiger partial charge in [0, 0.05) is 31.8 Å². The lowest BCUT2D eigenvalue weighted by Crippen LogP contribution is -2.52. The molecule has 1 aromatic carbocycles. The number of nitrogens with zero attached hydrogens (tertiary/aromatic N) is 1. The maximum Gasteiger partial charge on any atom is 0.348 e. The number of aliphatic hydroxyl groups is 1. The Kier molecular flexibility index (Phi) is 7.87. The summed E-state index contributed by atoms with van der Waals surface area (Å²) in [5, 5.41) is 28.3. The fourth-order valence-electron chi connectivity index (χ4n) is 2.94. The monoisotopic (exact) mass is 419 g/mol. The molecule has 3 N–H and O–H groups in total. The number of benzene rings is 1. The standard InChI is InChI=1S/C21H25NO8/c1-3-22-10-4-5-17(18(22)24)15-8-6-14(7-9-15)11-21(19(25)26,20(27)28)30-13-16(12-23)29-2/h4-10,16,23H,3,11-13H2,1-2H3,(H,25,26)(H,27,28)/t16-/m0/s1. The van der Waals surface area contributed by atoms with Crippen molar-refractivity contribution in [3.63, 3.8) is 0 Å². The number of carboxylic acid groups (broad SMARTS) is 2. The molecule has 0 fully saturated rings. The number of carbonyl (C=O) groups is 2. The van der Waals surface area contributed by atoms with Gasteiger partial charge in [0.15, 0.2) is 0 Å². The normalized spacial score (nSPS) is 12.5. The summed E-state index contributed by atoms with van der Waals surface area (Å²) in [6.45, 7) is 1.52. The van der Waals surface area contributed by atoms with Crippen LogP contribution in [0.15, 0.2) is 47.4 Å². The molecule has 0 aliphatic rings. The highest BCUT2D eigenvalue weighted by Gasteiger charge is 2.48. The van der Waals surface area contributed by atoms with Crippen molar-refractivity contribution in [2.24, 2.45) is 0 Å². The lowest BCUT2D eigenvalue weighted by atomic mass is 9.93. The van der Waals surface area contributed by atoms with E-state index in [-0.39, 0.29) is 5.56 Å².